The average Bonchev–Trinajstić information content (AvgIpc) is 2.50. The number of halogens is 1. The summed E-state index contributed by atoms with van der Waals surface area (Å²) < 4.78 is 13.1. The number of anilines is 3. The quantitative estimate of drug-likeness (QED) is 0.793. The molecule has 0 bridgehead atoms. The molecule has 1 amide bonds. The normalized spacial score (nSPS) is 10.5. The molecule has 2 aromatic rings. The van der Waals surface area contributed by atoms with Crippen LogP contribution in [-0.4, -0.2) is 5.91 Å². The maximum absolute atomic E-state index is 13.1. The van der Waals surface area contributed by atoms with Gasteiger partial charge in [0.2, 0.25) is 5.91 Å². The molecule has 0 spiro atoms. The minimum absolute atomic E-state index is 0.0464. The Hall–Kier alpha value is -2.36. The van der Waals surface area contributed by atoms with Crippen LogP contribution in [0.4, 0.5) is 21.5 Å². The largest absolute Gasteiger partial charge is 0.355 e. The van der Waals surface area contributed by atoms with Crippen LogP contribution < -0.4 is 10.6 Å². The van der Waals surface area contributed by atoms with Gasteiger partial charge in [-0.3, -0.25) is 4.79 Å². The van der Waals surface area contributed by atoms with Crippen LogP contribution in [0.25, 0.3) is 0 Å². The van der Waals surface area contributed by atoms with E-state index >= 15 is 0 Å². The van der Waals surface area contributed by atoms with Crippen molar-refractivity contribution in [2.45, 2.75) is 26.7 Å². The molecule has 2 N–H and O–H groups in total. The van der Waals surface area contributed by atoms with E-state index in [2.05, 4.69) is 10.6 Å². The minimum Gasteiger partial charge on any atom is -0.355 e. The Balaban J connectivity index is 2.00. The molecule has 0 radical (unpaired) electrons. The van der Waals surface area contributed by atoms with Gasteiger partial charge in [-0.1, -0.05) is 19.9 Å². The highest BCUT2D eigenvalue weighted by molar-refractivity contribution is 5.92. The summed E-state index contributed by atoms with van der Waals surface area (Å²) in [5, 5.41) is 6.04. The highest BCUT2D eigenvalue weighted by atomic mass is 19.1. The Morgan fingerprint density at radius 3 is 2.23 bits per heavy atom. The number of nitrogens with one attached hydrogen (secondary N) is 2. The summed E-state index contributed by atoms with van der Waals surface area (Å²) in [6.45, 7) is 4.03. The van der Waals surface area contributed by atoms with E-state index in [9.17, 15) is 9.18 Å². The van der Waals surface area contributed by atoms with Gasteiger partial charge < -0.3 is 10.6 Å². The molecular weight excluding hydrogens is 279 g/mol. The van der Waals surface area contributed by atoms with E-state index in [1.165, 1.54) is 12.1 Å². The number of hydrogen-bond acceptors (Lipinski definition) is 2. The van der Waals surface area contributed by atoms with E-state index in [4.69, 9.17) is 0 Å². The van der Waals surface area contributed by atoms with Gasteiger partial charge in [0.25, 0.3) is 0 Å². The van der Waals surface area contributed by atoms with Gasteiger partial charge >= 0.3 is 0 Å². The second-order valence-electron chi connectivity index (χ2n) is 5.22. The van der Waals surface area contributed by atoms with E-state index < -0.39 is 0 Å². The smallest absolute Gasteiger partial charge is 0.227 e. The van der Waals surface area contributed by atoms with Gasteiger partial charge in [-0.15, -0.1) is 0 Å². The van der Waals surface area contributed by atoms with Crippen LogP contribution in [0, 0.1) is 11.7 Å². The third-order valence-electron chi connectivity index (χ3n) is 3.62. The molecule has 0 aromatic heterocycles. The van der Waals surface area contributed by atoms with Crippen molar-refractivity contribution in [1.29, 1.82) is 0 Å². The molecule has 2 aromatic carbocycles. The van der Waals surface area contributed by atoms with Crippen molar-refractivity contribution in [3.05, 3.63) is 54.3 Å². The highest BCUT2D eigenvalue weighted by Crippen LogP contribution is 2.20. The number of rotatable bonds is 6. The summed E-state index contributed by atoms with van der Waals surface area (Å²) in [6.07, 6.45) is 1.67. The second-order valence-corrected chi connectivity index (χ2v) is 5.22. The molecule has 0 saturated carbocycles. The van der Waals surface area contributed by atoms with E-state index in [1.807, 2.05) is 38.1 Å². The first-order chi connectivity index (χ1) is 10.6. The molecule has 0 saturated heterocycles. The second kappa shape index (κ2) is 7.59. The first-order valence-electron chi connectivity index (χ1n) is 7.56. The lowest BCUT2D eigenvalue weighted by Gasteiger charge is -2.13. The van der Waals surface area contributed by atoms with Crippen LogP contribution in [-0.2, 0) is 4.79 Å². The predicted octanol–water partition coefficient (Wildman–Crippen LogP) is 4.94. The average molecular weight is 300 g/mol. The highest BCUT2D eigenvalue weighted by Gasteiger charge is 2.13. The Labute approximate surface area is 130 Å². The third kappa shape index (κ3) is 4.32. The number of benzene rings is 2. The van der Waals surface area contributed by atoms with Crippen molar-refractivity contribution in [3.63, 3.8) is 0 Å². The molecule has 116 valence electrons. The van der Waals surface area contributed by atoms with Crippen LogP contribution in [0.5, 0.6) is 0 Å². The lowest BCUT2D eigenvalue weighted by molar-refractivity contribution is -0.120. The van der Waals surface area contributed by atoms with Gasteiger partial charge in [0, 0.05) is 23.0 Å². The van der Waals surface area contributed by atoms with Crippen molar-refractivity contribution < 1.29 is 9.18 Å². The summed E-state index contributed by atoms with van der Waals surface area (Å²) in [5.74, 6) is -0.181. The van der Waals surface area contributed by atoms with Gasteiger partial charge in [0.15, 0.2) is 0 Å². The molecule has 4 heteroatoms. The van der Waals surface area contributed by atoms with E-state index in [-0.39, 0.29) is 17.6 Å². The minimum atomic E-state index is -0.279. The first-order valence-corrected chi connectivity index (χ1v) is 7.56. The van der Waals surface area contributed by atoms with Crippen LogP contribution in [0.15, 0.2) is 48.5 Å². The molecule has 0 atom stereocenters. The van der Waals surface area contributed by atoms with Crippen molar-refractivity contribution >= 4 is 23.0 Å². The lowest BCUT2D eigenvalue weighted by Crippen LogP contribution is -2.21. The van der Waals surface area contributed by atoms with E-state index in [0.29, 0.717) is 5.69 Å². The van der Waals surface area contributed by atoms with E-state index in [0.717, 1.165) is 24.2 Å². The summed E-state index contributed by atoms with van der Waals surface area (Å²) in [7, 11) is 0. The summed E-state index contributed by atoms with van der Waals surface area (Å²) in [6, 6.07) is 13.7. The Kier molecular flexibility index (Phi) is 5.53. The number of carbonyl (C=O) groups excluding carboxylic acids is 1. The van der Waals surface area contributed by atoms with Crippen molar-refractivity contribution in [3.8, 4) is 0 Å². The standard InChI is InChI=1S/C18H21FN2O/c1-3-13(4-2)18(22)21-16-10-8-15(9-11-16)20-17-7-5-6-14(19)12-17/h5-13,20H,3-4H2,1-2H3,(H,21,22). The van der Waals surface area contributed by atoms with Crippen LogP contribution in [0.3, 0.4) is 0 Å². The lowest BCUT2D eigenvalue weighted by atomic mass is 10.0. The monoisotopic (exact) mass is 300 g/mol. The molecule has 3 nitrogen and oxygen atoms in total. The third-order valence-corrected chi connectivity index (χ3v) is 3.62. The topological polar surface area (TPSA) is 41.1 Å². The van der Waals surface area contributed by atoms with Crippen LogP contribution >= 0.6 is 0 Å². The summed E-state index contributed by atoms with van der Waals surface area (Å²) in [4.78, 5) is 12.0. The molecule has 2 rings (SSSR count). The fraction of sp³-hybridized carbons (Fsp3) is 0.278. The molecule has 0 aliphatic heterocycles. The fourth-order valence-corrected chi connectivity index (χ4v) is 2.27. The van der Waals surface area contributed by atoms with Gasteiger partial charge in [0.1, 0.15) is 5.82 Å². The van der Waals surface area contributed by atoms with Gasteiger partial charge in [-0.2, -0.15) is 0 Å². The van der Waals surface area contributed by atoms with Gasteiger partial charge in [-0.05, 0) is 55.3 Å². The van der Waals surface area contributed by atoms with E-state index in [1.54, 1.807) is 12.1 Å². The molecular formula is C18H21FN2O. The zero-order chi connectivity index (χ0) is 15.9. The van der Waals surface area contributed by atoms with Crippen molar-refractivity contribution in [1.82, 2.24) is 0 Å². The Morgan fingerprint density at radius 2 is 1.64 bits per heavy atom. The van der Waals surface area contributed by atoms with Crippen molar-refractivity contribution in [2.75, 3.05) is 10.6 Å². The fourth-order valence-electron chi connectivity index (χ4n) is 2.27. The number of carbonyl (C=O) groups is 1. The molecule has 0 aliphatic carbocycles. The zero-order valence-electron chi connectivity index (χ0n) is 12.9. The number of hydrogen-bond donors (Lipinski definition) is 2. The predicted molar refractivity (Wildman–Crippen MR) is 88.8 cm³/mol. The maximum atomic E-state index is 13.1. The molecule has 0 aliphatic rings. The molecule has 0 fully saturated rings. The van der Waals surface area contributed by atoms with Gasteiger partial charge in [0.05, 0.1) is 0 Å². The SMILES string of the molecule is CCC(CC)C(=O)Nc1ccc(Nc2cccc(F)c2)cc1. The summed E-state index contributed by atoms with van der Waals surface area (Å²) >= 11 is 0. The molecule has 22 heavy (non-hydrogen) atoms. The first kappa shape index (κ1) is 16.0. The Morgan fingerprint density at radius 1 is 1.00 bits per heavy atom. The van der Waals surface area contributed by atoms with Crippen molar-refractivity contribution in [2.24, 2.45) is 5.92 Å². The number of amides is 1. The van der Waals surface area contributed by atoms with Gasteiger partial charge in [-0.25, -0.2) is 4.39 Å². The zero-order valence-corrected chi connectivity index (χ0v) is 12.9. The Bertz CT molecular complexity index is 621. The van der Waals surface area contributed by atoms with Crippen LogP contribution in [0.1, 0.15) is 26.7 Å². The maximum Gasteiger partial charge on any atom is 0.227 e. The molecule has 0 unspecified atom stereocenters. The van der Waals surface area contributed by atoms with Crippen LogP contribution in [0.2, 0.25) is 0 Å². The summed E-state index contributed by atoms with van der Waals surface area (Å²) in [5.41, 5.74) is 2.29. The molecule has 0 heterocycles.